The van der Waals surface area contributed by atoms with Crippen LogP contribution in [0.15, 0.2) is 36.7 Å². The Morgan fingerprint density at radius 2 is 1.89 bits per heavy atom. The van der Waals surface area contributed by atoms with Gasteiger partial charge in [0.2, 0.25) is 5.69 Å². The van der Waals surface area contributed by atoms with Crippen LogP contribution in [-0.2, 0) is 9.47 Å². The second-order valence-electron chi connectivity index (χ2n) is 12.6. The molecule has 1 amide bonds. The molecule has 44 heavy (non-hydrogen) atoms. The number of hydrogen-bond acceptors (Lipinski definition) is 9. The molecule has 1 saturated heterocycles. The quantitative estimate of drug-likeness (QED) is 0.232. The van der Waals surface area contributed by atoms with E-state index in [1.165, 1.54) is 0 Å². The Balaban J connectivity index is 1.22. The van der Waals surface area contributed by atoms with Crippen LogP contribution in [-0.4, -0.2) is 73.7 Å². The normalized spacial score (nSPS) is 19.4. The van der Waals surface area contributed by atoms with Gasteiger partial charge in [-0.1, -0.05) is 11.3 Å². The lowest BCUT2D eigenvalue weighted by Crippen LogP contribution is -2.42. The number of aromatic nitrogens is 5. The van der Waals surface area contributed by atoms with Crippen molar-refractivity contribution in [3.63, 3.8) is 0 Å². The number of pyridine rings is 1. The third kappa shape index (κ3) is 6.54. The number of carbonyl (C=O) groups is 1. The van der Waals surface area contributed by atoms with Crippen LogP contribution < -0.4 is 5.32 Å². The molecule has 0 spiro atoms. The third-order valence-electron chi connectivity index (χ3n) is 8.31. The van der Waals surface area contributed by atoms with E-state index in [-0.39, 0.29) is 18.2 Å². The van der Waals surface area contributed by atoms with E-state index in [4.69, 9.17) is 21.0 Å². The van der Waals surface area contributed by atoms with E-state index in [0.717, 1.165) is 89.9 Å². The van der Waals surface area contributed by atoms with Crippen LogP contribution in [0.4, 0.5) is 16.2 Å². The second-order valence-corrected chi connectivity index (χ2v) is 13.6. The Labute approximate surface area is 261 Å². The summed E-state index contributed by atoms with van der Waals surface area (Å²) >= 11 is 1.62. The fourth-order valence-electron chi connectivity index (χ4n) is 5.89. The topological polar surface area (TPSA) is 111 Å². The number of carbonyl (C=O) groups excluding carboxylic acids is 1. The molecular formula is C32H38N8O3S. The smallest absolute Gasteiger partial charge is 0.410 e. The van der Waals surface area contributed by atoms with Gasteiger partial charge in [0.25, 0.3) is 0 Å². The highest BCUT2D eigenvalue weighted by Crippen LogP contribution is 2.40. The van der Waals surface area contributed by atoms with E-state index >= 15 is 0 Å². The van der Waals surface area contributed by atoms with E-state index in [2.05, 4.69) is 31.5 Å². The number of anilines is 1. The van der Waals surface area contributed by atoms with E-state index in [0.29, 0.717) is 11.6 Å². The summed E-state index contributed by atoms with van der Waals surface area (Å²) in [6.45, 7) is 14.4. The third-order valence-corrected chi connectivity index (χ3v) is 9.43. The molecule has 1 aliphatic carbocycles. The maximum absolute atomic E-state index is 12.6. The lowest BCUT2D eigenvalue weighted by atomic mass is 9.86. The molecule has 0 aromatic carbocycles. The standard InChI is InChI=1S/C32H38N8O3S/c1-32(2,3)43-31(41)39(5)23-8-6-20(7-9-23)29-37-38-30(44-29)25-19-34-27(17-26(25)36-21-12-14-42-15-13-21)28-11-10-24-16-22(33-4)18-35-40(24)28/h10-11,16-21,23H,6-9,12-15H2,1-3,5H3,(H,34,36). The Bertz CT molecular complexity index is 1670. The first-order chi connectivity index (χ1) is 21.2. The van der Waals surface area contributed by atoms with Crippen molar-refractivity contribution in [3.05, 3.63) is 53.1 Å². The lowest BCUT2D eigenvalue weighted by molar-refractivity contribution is 0.0183. The summed E-state index contributed by atoms with van der Waals surface area (Å²) in [6.07, 6.45) is 8.73. The minimum Gasteiger partial charge on any atom is -0.444 e. The molecule has 4 aromatic heterocycles. The Morgan fingerprint density at radius 1 is 1.11 bits per heavy atom. The number of nitrogens with one attached hydrogen (secondary N) is 1. The van der Waals surface area contributed by atoms with Crippen LogP contribution >= 0.6 is 11.3 Å². The molecule has 4 aromatic rings. The summed E-state index contributed by atoms with van der Waals surface area (Å²) in [7, 11) is 1.84. The van der Waals surface area contributed by atoms with Crippen LogP contribution in [0.5, 0.6) is 0 Å². The zero-order valence-corrected chi connectivity index (χ0v) is 26.4. The minimum absolute atomic E-state index is 0.160. The van der Waals surface area contributed by atoms with Gasteiger partial charge in [0, 0.05) is 50.1 Å². The lowest BCUT2D eigenvalue weighted by Gasteiger charge is -2.35. The molecule has 0 unspecified atom stereocenters. The van der Waals surface area contributed by atoms with Gasteiger partial charge >= 0.3 is 6.09 Å². The number of amides is 1. The van der Waals surface area contributed by atoms with Crippen molar-refractivity contribution in [3.8, 4) is 22.0 Å². The first-order valence-corrected chi connectivity index (χ1v) is 16.0. The molecule has 0 atom stereocenters. The number of nitrogens with zero attached hydrogens (tertiary/aromatic N) is 7. The molecule has 0 bridgehead atoms. The molecule has 12 heteroatoms. The van der Waals surface area contributed by atoms with Crippen molar-refractivity contribution in [2.45, 2.75) is 82.9 Å². The van der Waals surface area contributed by atoms with E-state index in [1.54, 1.807) is 22.4 Å². The van der Waals surface area contributed by atoms with Gasteiger partial charge in [0.05, 0.1) is 35.2 Å². The maximum atomic E-state index is 12.6. The molecule has 230 valence electrons. The predicted molar refractivity (Wildman–Crippen MR) is 170 cm³/mol. The Morgan fingerprint density at radius 3 is 2.61 bits per heavy atom. The SMILES string of the molecule is [C-]#[N+]c1cnn2c(-c3cc(NC4CCOCC4)c(-c4nnc(C5CCC(N(C)C(=O)OC(C)(C)C)CC5)s4)cn3)ccc2c1. The van der Waals surface area contributed by atoms with E-state index in [9.17, 15) is 4.79 Å². The number of ether oxygens (including phenoxy) is 2. The van der Waals surface area contributed by atoms with Gasteiger partial charge in [-0.3, -0.25) is 4.98 Å². The fourth-order valence-corrected chi connectivity index (χ4v) is 6.93. The average Bonchev–Trinajstić information content (AvgIpc) is 3.68. The summed E-state index contributed by atoms with van der Waals surface area (Å²) in [5.74, 6) is 0.308. The molecule has 1 N–H and O–H groups in total. The number of hydrogen-bond donors (Lipinski definition) is 1. The van der Waals surface area contributed by atoms with E-state index < -0.39 is 5.60 Å². The van der Waals surface area contributed by atoms with Gasteiger partial charge in [0.15, 0.2) is 5.01 Å². The number of rotatable bonds is 6. The monoisotopic (exact) mass is 614 g/mol. The summed E-state index contributed by atoms with van der Waals surface area (Å²) in [4.78, 5) is 22.7. The van der Waals surface area contributed by atoms with Crippen molar-refractivity contribution in [2.24, 2.45) is 0 Å². The van der Waals surface area contributed by atoms with Crippen LogP contribution in [0.3, 0.4) is 0 Å². The summed E-state index contributed by atoms with van der Waals surface area (Å²) in [5.41, 5.74) is 4.36. The summed E-state index contributed by atoms with van der Waals surface area (Å²) in [5, 5.41) is 19.4. The molecule has 5 heterocycles. The Kier molecular flexibility index (Phi) is 8.51. The van der Waals surface area contributed by atoms with Crippen molar-refractivity contribution in [1.82, 2.24) is 29.7 Å². The van der Waals surface area contributed by atoms with Crippen LogP contribution in [0.2, 0.25) is 0 Å². The largest absolute Gasteiger partial charge is 0.444 e. The summed E-state index contributed by atoms with van der Waals surface area (Å²) in [6, 6.07) is 8.27. The van der Waals surface area contributed by atoms with Gasteiger partial charge in [-0.15, -0.1) is 10.2 Å². The highest BCUT2D eigenvalue weighted by molar-refractivity contribution is 7.14. The van der Waals surface area contributed by atoms with Gasteiger partial charge in [-0.05, 0) is 83.6 Å². The molecule has 1 aliphatic heterocycles. The van der Waals surface area contributed by atoms with Crippen LogP contribution in [0.25, 0.3) is 32.3 Å². The second kappa shape index (κ2) is 12.5. The zero-order valence-electron chi connectivity index (χ0n) is 25.6. The first kappa shape index (κ1) is 30.0. The maximum Gasteiger partial charge on any atom is 0.410 e. The zero-order chi connectivity index (χ0) is 30.8. The molecule has 0 radical (unpaired) electrons. The fraction of sp³-hybridized carbons (Fsp3) is 0.500. The molecule has 1 saturated carbocycles. The van der Waals surface area contributed by atoms with Gasteiger partial charge in [-0.2, -0.15) is 5.10 Å². The highest BCUT2D eigenvalue weighted by atomic mass is 32.1. The van der Waals surface area contributed by atoms with Crippen molar-refractivity contribution < 1.29 is 14.3 Å². The molecule has 11 nitrogen and oxygen atoms in total. The van der Waals surface area contributed by atoms with Crippen molar-refractivity contribution >= 4 is 34.3 Å². The van der Waals surface area contributed by atoms with Gasteiger partial charge in [0.1, 0.15) is 10.6 Å². The van der Waals surface area contributed by atoms with Crippen LogP contribution in [0.1, 0.15) is 70.2 Å². The molecule has 2 aliphatic rings. The highest BCUT2D eigenvalue weighted by Gasteiger charge is 2.31. The van der Waals surface area contributed by atoms with Gasteiger partial charge < -0.3 is 19.7 Å². The predicted octanol–water partition coefficient (Wildman–Crippen LogP) is 6.95. The van der Waals surface area contributed by atoms with Crippen molar-refractivity contribution in [2.75, 3.05) is 25.6 Å². The average molecular weight is 615 g/mol. The van der Waals surface area contributed by atoms with Crippen LogP contribution in [0, 0.1) is 6.57 Å². The van der Waals surface area contributed by atoms with Gasteiger partial charge in [-0.25, -0.2) is 14.2 Å². The minimum atomic E-state index is -0.507. The summed E-state index contributed by atoms with van der Waals surface area (Å²) < 4.78 is 13.0. The molecular weight excluding hydrogens is 576 g/mol. The molecule has 2 fully saturated rings. The van der Waals surface area contributed by atoms with Crippen molar-refractivity contribution in [1.29, 1.82) is 0 Å². The molecule has 6 rings (SSSR count). The number of fused-ring (bicyclic) bond motifs is 1. The first-order valence-electron chi connectivity index (χ1n) is 15.2. The van der Waals surface area contributed by atoms with E-state index in [1.807, 2.05) is 56.7 Å². The Hall–Kier alpha value is -4.08.